The SMILES string of the molecule is COc1ccc2c3c1O[C@H]1[C@@]4(OC)CC[C@@]5(C[C@@H]4[C@](C)(O)CCC(C)(C)C)[C@@H](C2)N(C)CC[C@]315. The van der Waals surface area contributed by atoms with Crippen molar-refractivity contribution in [1.82, 2.24) is 4.90 Å². The van der Waals surface area contributed by atoms with E-state index in [9.17, 15) is 5.11 Å². The zero-order chi connectivity index (χ0) is 24.3. The summed E-state index contributed by atoms with van der Waals surface area (Å²) < 4.78 is 19.5. The highest BCUT2D eigenvalue weighted by atomic mass is 16.6. The van der Waals surface area contributed by atoms with Crippen molar-refractivity contribution >= 4 is 0 Å². The van der Waals surface area contributed by atoms with Gasteiger partial charge in [0.1, 0.15) is 11.7 Å². The summed E-state index contributed by atoms with van der Waals surface area (Å²) in [4.78, 5) is 2.61. The molecule has 7 rings (SSSR count). The summed E-state index contributed by atoms with van der Waals surface area (Å²) in [6.07, 6.45) is 6.91. The second-order valence-corrected chi connectivity index (χ2v) is 13.5. The highest BCUT2D eigenvalue weighted by Crippen LogP contribution is 2.77. The second-order valence-electron chi connectivity index (χ2n) is 13.5. The van der Waals surface area contributed by atoms with Gasteiger partial charge in [0.15, 0.2) is 11.5 Å². The maximum absolute atomic E-state index is 12.1. The number of benzene rings is 1. The Hall–Kier alpha value is -1.30. The van der Waals surface area contributed by atoms with Crippen LogP contribution >= 0.6 is 0 Å². The topological polar surface area (TPSA) is 51.2 Å². The van der Waals surface area contributed by atoms with Crippen LogP contribution in [0.5, 0.6) is 11.5 Å². The minimum atomic E-state index is -0.812. The van der Waals surface area contributed by atoms with E-state index in [2.05, 4.69) is 51.8 Å². The van der Waals surface area contributed by atoms with E-state index in [0.717, 1.165) is 63.0 Å². The lowest BCUT2D eigenvalue weighted by Gasteiger charge is -2.74. The molecule has 4 fully saturated rings. The summed E-state index contributed by atoms with van der Waals surface area (Å²) in [5, 5.41) is 12.1. The lowest BCUT2D eigenvalue weighted by molar-refractivity contribution is -0.301. The number of methoxy groups -OCH3 is 2. The molecule has 2 aliphatic heterocycles. The fourth-order valence-corrected chi connectivity index (χ4v) is 9.36. The Morgan fingerprint density at radius 3 is 2.56 bits per heavy atom. The Morgan fingerprint density at radius 2 is 1.88 bits per heavy atom. The van der Waals surface area contributed by atoms with Gasteiger partial charge in [-0.05, 0) is 82.5 Å². The van der Waals surface area contributed by atoms with Gasteiger partial charge in [-0.1, -0.05) is 26.8 Å². The van der Waals surface area contributed by atoms with Gasteiger partial charge in [0, 0.05) is 35.5 Å². The molecule has 1 aromatic rings. The summed E-state index contributed by atoms with van der Waals surface area (Å²) in [6.45, 7) is 9.94. The standard InChI is InChI=1S/C29H43NO4/c1-25(2,3)10-11-26(4,31)20-17-27-12-13-29(20,33-7)24-28(27)14-15-30(5)21(27)16-18-8-9-19(32-6)23(34-24)22(18)28/h8-9,20-21,24,31H,10-17H2,1-7H3/t20-,21-,24-,26-,27-,28+,29-/m1/s1. The number of hydrogen-bond acceptors (Lipinski definition) is 5. The fourth-order valence-electron chi connectivity index (χ4n) is 9.36. The molecular weight excluding hydrogens is 426 g/mol. The number of aliphatic hydroxyl groups is 1. The molecule has 0 aromatic heterocycles. The number of nitrogens with zero attached hydrogens (tertiary/aromatic N) is 1. The Balaban J connectivity index is 1.55. The van der Waals surface area contributed by atoms with Crippen molar-refractivity contribution in [3.63, 3.8) is 0 Å². The Kier molecular flexibility index (Phi) is 4.71. The zero-order valence-electron chi connectivity index (χ0n) is 22.2. The Morgan fingerprint density at radius 1 is 1.12 bits per heavy atom. The number of piperidine rings is 1. The van der Waals surface area contributed by atoms with Gasteiger partial charge in [0.05, 0.1) is 12.7 Å². The van der Waals surface area contributed by atoms with Crippen molar-refractivity contribution in [3.05, 3.63) is 23.3 Å². The first-order valence-electron chi connectivity index (χ1n) is 13.3. The van der Waals surface area contributed by atoms with Crippen LogP contribution in [0.1, 0.15) is 77.3 Å². The monoisotopic (exact) mass is 469 g/mol. The molecule has 2 spiro atoms. The molecule has 0 amide bonds. The molecule has 188 valence electrons. The number of rotatable bonds is 5. The molecule has 2 heterocycles. The zero-order valence-corrected chi connectivity index (χ0v) is 22.2. The van der Waals surface area contributed by atoms with Crippen molar-refractivity contribution in [2.24, 2.45) is 16.7 Å². The van der Waals surface area contributed by atoms with E-state index in [4.69, 9.17) is 14.2 Å². The van der Waals surface area contributed by atoms with E-state index in [1.54, 1.807) is 7.11 Å². The van der Waals surface area contributed by atoms with Crippen LogP contribution in [0.3, 0.4) is 0 Å². The summed E-state index contributed by atoms with van der Waals surface area (Å²) in [5.74, 6) is 1.84. The van der Waals surface area contributed by atoms with E-state index in [0.29, 0.717) is 6.04 Å². The first kappa shape index (κ1) is 23.1. The van der Waals surface area contributed by atoms with E-state index >= 15 is 0 Å². The second kappa shape index (κ2) is 6.92. The van der Waals surface area contributed by atoms with E-state index in [1.807, 2.05) is 7.11 Å². The maximum atomic E-state index is 12.1. The maximum Gasteiger partial charge on any atom is 0.165 e. The average molecular weight is 470 g/mol. The lowest BCUT2D eigenvalue weighted by Crippen LogP contribution is -2.82. The highest BCUT2D eigenvalue weighted by Gasteiger charge is 2.81. The van der Waals surface area contributed by atoms with Crippen LogP contribution < -0.4 is 9.47 Å². The first-order chi connectivity index (χ1) is 16.0. The molecule has 1 aromatic carbocycles. The summed E-state index contributed by atoms with van der Waals surface area (Å²) >= 11 is 0. The van der Waals surface area contributed by atoms with Gasteiger partial charge in [-0.25, -0.2) is 0 Å². The van der Waals surface area contributed by atoms with Crippen LogP contribution in [-0.2, 0) is 16.6 Å². The number of ether oxygens (including phenoxy) is 3. The third kappa shape index (κ3) is 2.57. The molecule has 4 aliphatic carbocycles. The highest BCUT2D eigenvalue weighted by molar-refractivity contribution is 5.63. The van der Waals surface area contributed by atoms with E-state index < -0.39 is 11.2 Å². The molecule has 6 aliphatic rings. The normalized spacial score (nSPS) is 41.6. The summed E-state index contributed by atoms with van der Waals surface area (Å²) in [7, 11) is 5.92. The predicted octanol–water partition coefficient (Wildman–Crippen LogP) is 4.72. The van der Waals surface area contributed by atoms with Gasteiger partial charge >= 0.3 is 0 Å². The van der Waals surface area contributed by atoms with Crippen molar-refractivity contribution in [1.29, 1.82) is 0 Å². The van der Waals surface area contributed by atoms with Gasteiger partial charge < -0.3 is 24.2 Å². The van der Waals surface area contributed by atoms with Crippen LogP contribution in [-0.4, -0.2) is 61.2 Å². The van der Waals surface area contributed by atoms with Crippen molar-refractivity contribution in [2.75, 3.05) is 27.8 Å². The van der Waals surface area contributed by atoms with E-state index in [1.165, 1.54) is 11.1 Å². The number of likely N-dealkylation sites (N-methyl/N-ethyl adjacent to an activating group) is 1. The van der Waals surface area contributed by atoms with E-state index in [-0.39, 0.29) is 28.3 Å². The molecule has 1 N–H and O–H groups in total. The molecule has 3 saturated carbocycles. The molecule has 0 unspecified atom stereocenters. The third-order valence-corrected chi connectivity index (χ3v) is 11.0. The average Bonchev–Trinajstić information content (AvgIpc) is 3.16. The lowest BCUT2D eigenvalue weighted by atomic mass is 9.33. The van der Waals surface area contributed by atoms with Crippen LogP contribution in [0.2, 0.25) is 0 Å². The fraction of sp³-hybridized carbons (Fsp3) is 0.793. The molecule has 5 heteroatoms. The minimum Gasteiger partial charge on any atom is -0.493 e. The number of likely N-dealkylation sites (tertiary alicyclic amines) is 1. The van der Waals surface area contributed by atoms with Gasteiger partial charge in [0.2, 0.25) is 0 Å². The molecular formula is C29H43NO4. The number of hydrogen-bond donors (Lipinski definition) is 1. The van der Waals surface area contributed by atoms with Crippen LogP contribution in [0.25, 0.3) is 0 Å². The predicted molar refractivity (Wildman–Crippen MR) is 133 cm³/mol. The molecule has 34 heavy (non-hydrogen) atoms. The molecule has 7 atom stereocenters. The molecule has 5 nitrogen and oxygen atoms in total. The molecule has 1 saturated heterocycles. The van der Waals surface area contributed by atoms with Crippen molar-refractivity contribution < 1.29 is 19.3 Å². The third-order valence-electron chi connectivity index (χ3n) is 11.0. The quantitative estimate of drug-likeness (QED) is 0.676. The van der Waals surface area contributed by atoms with Crippen LogP contribution in [0.15, 0.2) is 12.1 Å². The first-order valence-corrected chi connectivity index (χ1v) is 13.3. The van der Waals surface area contributed by atoms with Gasteiger partial charge in [-0.2, -0.15) is 0 Å². The van der Waals surface area contributed by atoms with Crippen LogP contribution in [0.4, 0.5) is 0 Å². The van der Waals surface area contributed by atoms with Gasteiger partial charge in [-0.15, -0.1) is 0 Å². The smallest absolute Gasteiger partial charge is 0.165 e. The minimum absolute atomic E-state index is 0.0371. The van der Waals surface area contributed by atoms with Crippen LogP contribution in [0, 0.1) is 16.7 Å². The molecule has 4 bridgehead atoms. The largest absolute Gasteiger partial charge is 0.493 e. The number of fused-ring (bicyclic) bond motifs is 2. The van der Waals surface area contributed by atoms with Gasteiger partial charge in [-0.3, -0.25) is 0 Å². The summed E-state index contributed by atoms with van der Waals surface area (Å²) in [5.41, 5.74) is 1.74. The Bertz CT molecular complexity index is 1010. The molecule has 0 radical (unpaired) electrons. The van der Waals surface area contributed by atoms with Crippen molar-refractivity contribution in [3.8, 4) is 11.5 Å². The Labute approximate surface area is 205 Å². The van der Waals surface area contributed by atoms with Crippen molar-refractivity contribution in [2.45, 2.75) is 101 Å². The van der Waals surface area contributed by atoms with Gasteiger partial charge in [0.25, 0.3) is 0 Å². The summed E-state index contributed by atoms with van der Waals surface area (Å²) in [6, 6.07) is 4.84.